The number of halogens is 1. The van der Waals surface area contributed by atoms with Crippen LogP contribution in [-0.2, 0) is 17.1 Å². The van der Waals surface area contributed by atoms with Crippen LogP contribution in [0.3, 0.4) is 0 Å². The normalized spacial score (nSPS) is 11.1. The van der Waals surface area contributed by atoms with Crippen LogP contribution in [0.4, 0.5) is 11.4 Å². The molecular weight excluding hydrogens is 476 g/mol. The zero-order valence-corrected chi connectivity index (χ0v) is 19.7. The maximum Gasteiger partial charge on any atom is 0.281 e. The van der Waals surface area contributed by atoms with E-state index in [2.05, 4.69) is 10.0 Å². The summed E-state index contributed by atoms with van der Waals surface area (Å²) in [5.41, 5.74) is 2.42. The lowest BCUT2D eigenvalue weighted by atomic mass is 10.2. The van der Waals surface area contributed by atoms with Crippen molar-refractivity contribution in [3.05, 3.63) is 83.0 Å². The Kier molecular flexibility index (Phi) is 6.20. The van der Waals surface area contributed by atoms with Crippen molar-refractivity contribution in [3.8, 4) is 11.8 Å². The third kappa shape index (κ3) is 4.41. The summed E-state index contributed by atoms with van der Waals surface area (Å²) in [7, 11) is -0.939. The molecule has 34 heavy (non-hydrogen) atoms. The SMILES string of the molecule is COc1cccc(Nc2ccc(Cl)c3c2cc(C(=O)NS(=O)(=O)c2ccc(C#N)cc2)n3C)c1. The van der Waals surface area contributed by atoms with Gasteiger partial charge in [0.05, 0.1) is 34.2 Å². The monoisotopic (exact) mass is 494 g/mol. The molecule has 3 aromatic carbocycles. The molecule has 1 amide bonds. The van der Waals surface area contributed by atoms with Gasteiger partial charge in [-0.25, -0.2) is 13.1 Å². The number of methoxy groups -OCH3 is 1. The molecule has 0 aliphatic rings. The number of nitriles is 1. The van der Waals surface area contributed by atoms with Gasteiger partial charge in [-0.15, -0.1) is 0 Å². The number of hydrogen-bond donors (Lipinski definition) is 2. The molecule has 0 radical (unpaired) electrons. The van der Waals surface area contributed by atoms with Crippen LogP contribution in [0, 0.1) is 11.3 Å². The number of nitrogens with one attached hydrogen (secondary N) is 2. The number of hydrogen-bond acceptors (Lipinski definition) is 6. The number of fused-ring (bicyclic) bond motifs is 1. The highest BCUT2D eigenvalue weighted by atomic mass is 35.5. The van der Waals surface area contributed by atoms with Gasteiger partial charge in [-0.3, -0.25) is 4.79 Å². The largest absolute Gasteiger partial charge is 0.497 e. The number of sulfonamides is 1. The van der Waals surface area contributed by atoms with Gasteiger partial charge in [-0.05, 0) is 54.6 Å². The Morgan fingerprint density at radius 2 is 1.82 bits per heavy atom. The maximum atomic E-state index is 13.0. The van der Waals surface area contributed by atoms with E-state index in [0.717, 1.165) is 5.69 Å². The summed E-state index contributed by atoms with van der Waals surface area (Å²) in [5, 5.41) is 13.2. The van der Waals surface area contributed by atoms with E-state index < -0.39 is 15.9 Å². The van der Waals surface area contributed by atoms with Gasteiger partial charge >= 0.3 is 0 Å². The van der Waals surface area contributed by atoms with Gasteiger partial charge < -0.3 is 14.6 Å². The lowest BCUT2D eigenvalue weighted by molar-refractivity contribution is 0.0974. The number of benzene rings is 3. The van der Waals surface area contributed by atoms with E-state index in [1.807, 2.05) is 30.3 Å². The van der Waals surface area contributed by atoms with E-state index in [0.29, 0.717) is 32.9 Å². The van der Waals surface area contributed by atoms with Gasteiger partial charge in [-0.2, -0.15) is 5.26 Å². The summed E-state index contributed by atoms with van der Waals surface area (Å²) in [4.78, 5) is 12.8. The Hall–Kier alpha value is -4.00. The average Bonchev–Trinajstić information content (AvgIpc) is 3.19. The van der Waals surface area contributed by atoms with Crippen molar-refractivity contribution in [2.45, 2.75) is 4.90 Å². The Labute approximate surface area is 201 Å². The molecule has 4 rings (SSSR count). The first kappa shape index (κ1) is 23.2. The molecule has 0 saturated heterocycles. The fourth-order valence-electron chi connectivity index (χ4n) is 3.55. The Balaban J connectivity index is 1.69. The summed E-state index contributed by atoms with van der Waals surface area (Å²) in [5.74, 6) is -0.136. The van der Waals surface area contributed by atoms with Crippen LogP contribution in [0.5, 0.6) is 5.75 Å². The number of amides is 1. The third-order valence-electron chi connectivity index (χ3n) is 5.25. The lowest BCUT2D eigenvalue weighted by Gasteiger charge is -2.11. The predicted octanol–water partition coefficient (Wildman–Crippen LogP) is 4.57. The molecule has 4 aromatic rings. The van der Waals surface area contributed by atoms with Gasteiger partial charge in [0, 0.05) is 29.9 Å². The van der Waals surface area contributed by atoms with Crippen LogP contribution in [0.25, 0.3) is 10.9 Å². The molecule has 10 heteroatoms. The van der Waals surface area contributed by atoms with E-state index in [4.69, 9.17) is 21.6 Å². The van der Waals surface area contributed by atoms with E-state index in [1.165, 1.54) is 28.8 Å². The van der Waals surface area contributed by atoms with Crippen LogP contribution in [0.15, 0.2) is 71.6 Å². The molecule has 1 heterocycles. The highest BCUT2D eigenvalue weighted by molar-refractivity contribution is 7.90. The summed E-state index contributed by atoms with van der Waals surface area (Å²) in [6, 6.07) is 19.6. The number of aromatic nitrogens is 1. The molecular formula is C24H19ClN4O4S. The number of carbonyl (C=O) groups is 1. The molecule has 0 unspecified atom stereocenters. The summed E-state index contributed by atoms with van der Waals surface area (Å²) in [6.07, 6.45) is 0. The maximum absolute atomic E-state index is 13.0. The Bertz CT molecular complexity index is 1550. The minimum absolute atomic E-state index is 0.106. The molecule has 0 spiro atoms. The third-order valence-corrected chi connectivity index (χ3v) is 6.90. The summed E-state index contributed by atoms with van der Waals surface area (Å²) >= 11 is 6.42. The molecule has 0 aliphatic carbocycles. The summed E-state index contributed by atoms with van der Waals surface area (Å²) < 4.78 is 34.3. The fourth-order valence-corrected chi connectivity index (χ4v) is 4.80. The van der Waals surface area contributed by atoms with E-state index >= 15 is 0 Å². The van der Waals surface area contributed by atoms with Crippen molar-refractivity contribution in [3.63, 3.8) is 0 Å². The zero-order chi connectivity index (χ0) is 24.5. The minimum atomic E-state index is -4.15. The number of carbonyl (C=O) groups excluding carboxylic acids is 1. The Morgan fingerprint density at radius 1 is 1.09 bits per heavy atom. The number of rotatable bonds is 6. The van der Waals surface area contributed by atoms with Gasteiger partial charge in [0.1, 0.15) is 11.4 Å². The summed E-state index contributed by atoms with van der Waals surface area (Å²) in [6.45, 7) is 0. The first-order valence-electron chi connectivity index (χ1n) is 10.00. The predicted molar refractivity (Wildman–Crippen MR) is 130 cm³/mol. The van der Waals surface area contributed by atoms with Crippen molar-refractivity contribution >= 4 is 49.8 Å². The highest BCUT2D eigenvalue weighted by Gasteiger charge is 2.23. The van der Waals surface area contributed by atoms with E-state index in [9.17, 15) is 13.2 Å². The highest BCUT2D eigenvalue weighted by Crippen LogP contribution is 2.34. The van der Waals surface area contributed by atoms with Crippen molar-refractivity contribution in [1.82, 2.24) is 9.29 Å². The smallest absolute Gasteiger partial charge is 0.281 e. The van der Waals surface area contributed by atoms with Gasteiger partial charge in [-0.1, -0.05) is 17.7 Å². The molecule has 0 fully saturated rings. The van der Waals surface area contributed by atoms with Crippen LogP contribution >= 0.6 is 11.6 Å². The molecule has 2 N–H and O–H groups in total. The van der Waals surface area contributed by atoms with Crippen molar-refractivity contribution in [2.24, 2.45) is 7.05 Å². The van der Waals surface area contributed by atoms with E-state index in [1.54, 1.807) is 32.4 Å². The van der Waals surface area contributed by atoms with Crippen molar-refractivity contribution < 1.29 is 17.9 Å². The minimum Gasteiger partial charge on any atom is -0.497 e. The van der Waals surface area contributed by atoms with Crippen LogP contribution in [0.1, 0.15) is 16.1 Å². The second-order valence-corrected chi connectivity index (χ2v) is 9.46. The lowest BCUT2D eigenvalue weighted by Crippen LogP contribution is -2.31. The van der Waals surface area contributed by atoms with Gasteiger partial charge in [0.15, 0.2) is 0 Å². The van der Waals surface area contributed by atoms with Crippen LogP contribution in [0.2, 0.25) is 5.02 Å². The molecule has 8 nitrogen and oxygen atoms in total. The zero-order valence-electron chi connectivity index (χ0n) is 18.2. The molecule has 172 valence electrons. The average molecular weight is 495 g/mol. The Morgan fingerprint density at radius 3 is 2.50 bits per heavy atom. The van der Waals surface area contributed by atoms with E-state index in [-0.39, 0.29) is 10.6 Å². The topological polar surface area (TPSA) is 113 Å². The number of anilines is 2. The van der Waals surface area contributed by atoms with Gasteiger partial charge in [0.2, 0.25) is 0 Å². The van der Waals surface area contributed by atoms with Crippen LogP contribution in [-0.4, -0.2) is 26.0 Å². The number of nitrogens with zero attached hydrogens (tertiary/aromatic N) is 2. The van der Waals surface area contributed by atoms with Gasteiger partial charge in [0.25, 0.3) is 15.9 Å². The number of aryl methyl sites for hydroxylation is 1. The molecule has 0 saturated carbocycles. The molecule has 1 aromatic heterocycles. The van der Waals surface area contributed by atoms with Crippen molar-refractivity contribution in [2.75, 3.05) is 12.4 Å². The molecule has 0 atom stereocenters. The second-order valence-electron chi connectivity index (χ2n) is 7.37. The fraction of sp³-hybridized carbons (Fsp3) is 0.0833. The molecule has 0 aliphatic heterocycles. The number of ether oxygens (including phenoxy) is 1. The first-order valence-corrected chi connectivity index (χ1v) is 11.9. The van der Waals surface area contributed by atoms with Crippen LogP contribution < -0.4 is 14.8 Å². The standard InChI is InChI=1S/C24H19ClN4O4S/c1-29-22(24(30)28-34(31,32)18-8-6-15(14-26)7-9-18)13-19-21(11-10-20(25)23(19)29)27-16-4-3-5-17(12-16)33-2/h3-13,27H,1-2H3,(H,28,30). The first-order chi connectivity index (χ1) is 16.2. The second kappa shape index (κ2) is 9.09. The van der Waals surface area contributed by atoms with Crippen molar-refractivity contribution in [1.29, 1.82) is 5.26 Å². The quantitative estimate of drug-likeness (QED) is 0.406. The molecule has 0 bridgehead atoms.